The molecule has 1 amide bonds. The summed E-state index contributed by atoms with van der Waals surface area (Å²) in [5.74, 6) is -0.577. The van der Waals surface area contributed by atoms with Crippen molar-refractivity contribution in [3.8, 4) is 22.0 Å². The van der Waals surface area contributed by atoms with Crippen LogP contribution in [-0.2, 0) is 0 Å². The summed E-state index contributed by atoms with van der Waals surface area (Å²) in [5.41, 5.74) is 5.08. The number of hydrogen-bond donors (Lipinski definition) is 2. The summed E-state index contributed by atoms with van der Waals surface area (Å²) in [6.45, 7) is 0. The molecule has 2 aromatic heterocycles. The van der Waals surface area contributed by atoms with E-state index in [9.17, 15) is 9.90 Å². The molecule has 0 aliphatic carbocycles. The van der Waals surface area contributed by atoms with Gasteiger partial charge < -0.3 is 5.11 Å². The lowest BCUT2D eigenvalue weighted by Gasteiger charge is -2.02. The fourth-order valence-corrected chi connectivity index (χ4v) is 3.36. The fraction of sp³-hybridized carbons (Fsp3) is 0. The summed E-state index contributed by atoms with van der Waals surface area (Å²) in [6, 6.07) is 20.0. The second-order valence-electron chi connectivity index (χ2n) is 5.91. The maximum absolute atomic E-state index is 12.2. The zero-order valence-corrected chi connectivity index (χ0v) is 15.5. The van der Waals surface area contributed by atoms with E-state index in [1.165, 1.54) is 12.1 Å². The summed E-state index contributed by atoms with van der Waals surface area (Å²) in [5, 5.41) is 21.5. The number of thiophene rings is 1. The van der Waals surface area contributed by atoms with Gasteiger partial charge in [-0.3, -0.25) is 4.79 Å². The molecule has 4 rings (SSSR count). The third-order valence-electron chi connectivity index (χ3n) is 4.04. The Morgan fingerprint density at radius 3 is 2.61 bits per heavy atom. The third-order valence-corrected chi connectivity index (χ3v) is 4.90. The van der Waals surface area contributed by atoms with Crippen molar-refractivity contribution in [1.82, 2.24) is 15.2 Å². The van der Waals surface area contributed by atoms with Gasteiger partial charge >= 0.3 is 0 Å². The van der Waals surface area contributed by atoms with Crippen LogP contribution in [0.3, 0.4) is 0 Å². The second kappa shape index (κ2) is 7.89. The highest BCUT2D eigenvalue weighted by Gasteiger charge is 2.12. The number of phenolic OH excluding ortho intramolecular Hbond substituents is 1. The van der Waals surface area contributed by atoms with Crippen molar-refractivity contribution in [2.24, 2.45) is 5.10 Å². The Kier molecular flexibility index (Phi) is 4.99. The van der Waals surface area contributed by atoms with E-state index in [1.807, 2.05) is 54.0 Å². The Labute approximate surface area is 165 Å². The van der Waals surface area contributed by atoms with Crippen molar-refractivity contribution in [1.29, 1.82) is 0 Å². The molecular formula is C21H16N4O2S. The molecule has 28 heavy (non-hydrogen) atoms. The number of hydrazone groups is 1. The van der Waals surface area contributed by atoms with Crippen molar-refractivity contribution in [2.75, 3.05) is 0 Å². The maximum atomic E-state index is 12.2. The number of aromatic hydroxyl groups is 1. The largest absolute Gasteiger partial charge is 0.507 e. The van der Waals surface area contributed by atoms with Gasteiger partial charge in [-0.25, -0.2) is 10.1 Å². The molecule has 138 valence electrons. The van der Waals surface area contributed by atoms with Crippen LogP contribution in [0.5, 0.6) is 5.75 Å². The molecule has 0 unspecified atom stereocenters. The topological polar surface area (TPSA) is 79.5 Å². The van der Waals surface area contributed by atoms with Crippen LogP contribution in [0.25, 0.3) is 16.3 Å². The van der Waals surface area contributed by atoms with E-state index in [0.29, 0.717) is 0 Å². The van der Waals surface area contributed by atoms with Crippen LogP contribution in [-0.4, -0.2) is 27.0 Å². The number of para-hydroxylation sites is 1. The number of rotatable bonds is 5. The lowest BCUT2D eigenvalue weighted by Crippen LogP contribution is -2.17. The zero-order chi connectivity index (χ0) is 19.3. The Bertz CT molecular complexity index is 1120. The average molecular weight is 388 g/mol. The van der Waals surface area contributed by atoms with Crippen molar-refractivity contribution < 1.29 is 9.90 Å². The van der Waals surface area contributed by atoms with Crippen molar-refractivity contribution in [2.45, 2.75) is 0 Å². The van der Waals surface area contributed by atoms with E-state index >= 15 is 0 Å². The van der Waals surface area contributed by atoms with Gasteiger partial charge in [0.05, 0.1) is 11.8 Å². The molecule has 0 fully saturated rings. The van der Waals surface area contributed by atoms with Crippen molar-refractivity contribution in [3.63, 3.8) is 0 Å². The molecule has 0 saturated carbocycles. The highest BCUT2D eigenvalue weighted by atomic mass is 32.1. The predicted octanol–water partition coefficient (Wildman–Crippen LogP) is 4.07. The Balaban J connectivity index is 1.62. The van der Waals surface area contributed by atoms with Gasteiger partial charge in [0.2, 0.25) is 0 Å². The first-order valence-corrected chi connectivity index (χ1v) is 9.41. The molecule has 0 spiro atoms. The molecule has 7 heteroatoms. The minimum Gasteiger partial charge on any atom is -0.507 e. The molecule has 0 saturated heterocycles. The molecule has 0 atom stereocenters. The smallest absolute Gasteiger partial charge is 0.275 e. The molecule has 6 nitrogen and oxygen atoms in total. The van der Waals surface area contributed by atoms with E-state index in [2.05, 4.69) is 15.6 Å². The number of amides is 1. The van der Waals surface area contributed by atoms with Gasteiger partial charge in [0.15, 0.2) is 0 Å². The van der Waals surface area contributed by atoms with Gasteiger partial charge in [0.25, 0.3) is 5.91 Å². The number of nitrogens with one attached hydrogen (secondary N) is 1. The average Bonchev–Trinajstić information content (AvgIpc) is 3.39. The SMILES string of the molecule is O=C(N/N=C\c1cn(-c2cccs2)nc1-c1ccccc1)c1ccccc1O. The van der Waals surface area contributed by atoms with Crippen molar-refractivity contribution >= 4 is 23.5 Å². The standard InChI is InChI=1S/C21H16N4O2S/c26-18-10-5-4-9-17(18)21(27)23-22-13-16-14-25(19-11-6-12-28-19)24-20(16)15-7-2-1-3-8-15/h1-14,26H,(H,23,27)/b22-13-. The Morgan fingerprint density at radius 1 is 1.07 bits per heavy atom. The highest BCUT2D eigenvalue weighted by molar-refractivity contribution is 7.12. The minimum absolute atomic E-state index is 0.0920. The Hall–Kier alpha value is -3.71. The number of phenols is 1. The minimum atomic E-state index is -0.485. The summed E-state index contributed by atoms with van der Waals surface area (Å²) >= 11 is 1.58. The summed E-state index contributed by atoms with van der Waals surface area (Å²) in [6.07, 6.45) is 3.42. The van der Waals surface area contributed by atoms with E-state index < -0.39 is 5.91 Å². The van der Waals surface area contributed by atoms with Gasteiger partial charge in [-0.05, 0) is 29.6 Å². The number of carbonyl (C=O) groups is 1. The lowest BCUT2D eigenvalue weighted by molar-refractivity contribution is 0.0952. The fourth-order valence-electron chi connectivity index (χ4n) is 2.70. The van der Waals surface area contributed by atoms with Gasteiger partial charge in [-0.1, -0.05) is 42.5 Å². The molecule has 0 radical (unpaired) electrons. The molecule has 2 aromatic carbocycles. The third kappa shape index (κ3) is 3.70. The summed E-state index contributed by atoms with van der Waals surface area (Å²) < 4.78 is 1.79. The van der Waals surface area contributed by atoms with Crippen LogP contribution < -0.4 is 5.43 Å². The summed E-state index contributed by atoms with van der Waals surface area (Å²) in [7, 11) is 0. The maximum Gasteiger partial charge on any atom is 0.275 e. The van der Waals surface area contributed by atoms with Crippen LogP contribution in [0, 0.1) is 0 Å². The number of nitrogens with zero attached hydrogens (tertiary/aromatic N) is 3. The van der Waals surface area contributed by atoms with Crippen LogP contribution >= 0.6 is 11.3 Å². The monoisotopic (exact) mass is 388 g/mol. The molecule has 0 aliphatic heterocycles. The molecule has 2 heterocycles. The first-order chi connectivity index (χ1) is 13.7. The quantitative estimate of drug-likeness (QED) is 0.399. The normalized spacial score (nSPS) is 11.0. The molecule has 4 aromatic rings. The van der Waals surface area contributed by atoms with Gasteiger partial charge in [0.1, 0.15) is 16.4 Å². The van der Waals surface area contributed by atoms with Crippen LogP contribution in [0.2, 0.25) is 0 Å². The highest BCUT2D eigenvalue weighted by Crippen LogP contribution is 2.24. The first-order valence-electron chi connectivity index (χ1n) is 8.53. The number of hydrogen-bond acceptors (Lipinski definition) is 5. The van der Waals surface area contributed by atoms with E-state index in [0.717, 1.165) is 21.8 Å². The number of aromatic nitrogens is 2. The van der Waals surface area contributed by atoms with E-state index in [-0.39, 0.29) is 11.3 Å². The molecular weight excluding hydrogens is 372 g/mol. The summed E-state index contributed by atoms with van der Waals surface area (Å²) in [4.78, 5) is 12.2. The second-order valence-corrected chi connectivity index (χ2v) is 6.84. The van der Waals surface area contributed by atoms with Gasteiger partial charge in [0, 0.05) is 17.3 Å². The number of carbonyl (C=O) groups excluding carboxylic acids is 1. The molecule has 2 N–H and O–H groups in total. The first kappa shape index (κ1) is 17.7. The van der Waals surface area contributed by atoms with E-state index in [1.54, 1.807) is 34.4 Å². The van der Waals surface area contributed by atoms with Crippen LogP contribution in [0.1, 0.15) is 15.9 Å². The van der Waals surface area contributed by atoms with E-state index in [4.69, 9.17) is 0 Å². The van der Waals surface area contributed by atoms with Crippen LogP contribution in [0.4, 0.5) is 0 Å². The zero-order valence-electron chi connectivity index (χ0n) is 14.7. The molecule has 0 aliphatic rings. The van der Waals surface area contributed by atoms with Gasteiger partial charge in [-0.2, -0.15) is 10.2 Å². The molecule has 0 bridgehead atoms. The van der Waals surface area contributed by atoms with Crippen LogP contribution in [0.15, 0.2) is 83.4 Å². The Morgan fingerprint density at radius 2 is 1.86 bits per heavy atom. The lowest BCUT2D eigenvalue weighted by atomic mass is 10.1. The van der Waals surface area contributed by atoms with Gasteiger partial charge in [-0.15, -0.1) is 11.3 Å². The number of benzene rings is 2. The predicted molar refractivity (Wildman–Crippen MR) is 110 cm³/mol. The van der Waals surface area contributed by atoms with Crippen molar-refractivity contribution in [3.05, 3.63) is 89.4 Å².